The average Bonchev–Trinajstić information content (AvgIpc) is 2.49. The number of hydrogen-bond acceptors (Lipinski definition) is 2. The maximum atomic E-state index is 11.7. The van der Waals surface area contributed by atoms with Gasteiger partial charge >= 0.3 is 0 Å². The van der Waals surface area contributed by atoms with Crippen LogP contribution in [0.3, 0.4) is 0 Å². The van der Waals surface area contributed by atoms with E-state index in [4.69, 9.17) is 4.42 Å². The van der Waals surface area contributed by atoms with E-state index < -0.39 is 0 Å². The van der Waals surface area contributed by atoms with Crippen molar-refractivity contribution >= 4 is 5.78 Å². The van der Waals surface area contributed by atoms with Gasteiger partial charge in [0, 0.05) is 5.92 Å². The molecule has 0 aliphatic rings. The fourth-order valence-corrected chi connectivity index (χ4v) is 1.14. The zero-order valence-electron chi connectivity index (χ0n) is 8.63. The summed E-state index contributed by atoms with van der Waals surface area (Å²) < 4.78 is 5.09. The molecule has 0 amide bonds. The van der Waals surface area contributed by atoms with Crippen molar-refractivity contribution in [3.05, 3.63) is 23.7 Å². The normalized spacial score (nSPS) is 13.3. The monoisotopic (exact) mass is 180 g/mol. The van der Waals surface area contributed by atoms with Crippen LogP contribution in [0.2, 0.25) is 0 Å². The molecule has 72 valence electrons. The molecule has 2 heteroatoms. The van der Waals surface area contributed by atoms with Gasteiger partial charge in [-0.25, -0.2) is 0 Å². The summed E-state index contributed by atoms with van der Waals surface area (Å²) in [5.41, 5.74) is 0.693. The first kappa shape index (κ1) is 10.0. The highest BCUT2D eigenvalue weighted by molar-refractivity contribution is 5.97. The number of rotatable bonds is 3. The molecule has 1 atom stereocenters. The SMILES string of the molecule is Cc1cc(C(=O)C(C)C(C)C)co1. The van der Waals surface area contributed by atoms with Gasteiger partial charge in [0.1, 0.15) is 12.0 Å². The van der Waals surface area contributed by atoms with E-state index in [1.807, 2.05) is 13.8 Å². The molecule has 0 aliphatic heterocycles. The highest BCUT2D eigenvalue weighted by Gasteiger charge is 2.19. The number of aryl methyl sites for hydroxylation is 1. The van der Waals surface area contributed by atoms with E-state index >= 15 is 0 Å². The van der Waals surface area contributed by atoms with E-state index in [0.29, 0.717) is 11.5 Å². The largest absolute Gasteiger partial charge is 0.469 e. The van der Waals surface area contributed by atoms with Gasteiger partial charge in [-0.15, -0.1) is 0 Å². The molecule has 0 aliphatic carbocycles. The van der Waals surface area contributed by atoms with Crippen LogP contribution in [0.1, 0.15) is 36.9 Å². The van der Waals surface area contributed by atoms with E-state index in [1.54, 1.807) is 6.07 Å². The van der Waals surface area contributed by atoms with E-state index in [9.17, 15) is 4.79 Å². The summed E-state index contributed by atoms with van der Waals surface area (Å²) in [7, 11) is 0. The third-order valence-electron chi connectivity index (χ3n) is 2.43. The van der Waals surface area contributed by atoms with Crippen molar-refractivity contribution in [2.75, 3.05) is 0 Å². The lowest BCUT2D eigenvalue weighted by Crippen LogP contribution is -2.16. The summed E-state index contributed by atoms with van der Waals surface area (Å²) >= 11 is 0. The summed E-state index contributed by atoms with van der Waals surface area (Å²) in [5.74, 6) is 1.41. The minimum atomic E-state index is 0.0667. The lowest BCUT2D eigenvalue weighted by Gasteiger charge is -2.12. The lowest BCUT2D eigenvalue weighted by atomic mass is 9.91. The van der Waals surface area contributed by atoms with Crippen molar-refractivity contribution < 1.29 is 9.21 Å². The first-order valence-electron chi connectivity index (χ1n) is 4.61. The average molecular weight is 180 g/mol. The van der Waals surface area contributed by atoms with Crippen molar-refractivity contribution in [3.63, 3.8) is 0 Å². The van der Waals surface area contributed by atoms with Crippen LogP contribution < -0.4 is 0 Å². The fraction of sp³-hybridized carbons (Fsp3) is 0.545. The number of ketones is 1. The highest BCUT2D eigenvalue weighted by Crippen LogP contribution is 2.18. The molecule has 0 saturated heterocycles. The Morgan fingerprint density at radius 1 is 1.38 bits per heavy atom. The molecule has 1 unspecified atom stereocenters. The summed E-state index contributed by atoms with van der Waals surface area (Å²) in [6, 6.07) is 1.79. The summed E-state index contributed by atoms with van der Waals surface area (Å²) in [4.78, 5) is 11.7. The van der Waals surface area contributed by atoms with Gasteiger partial charge in [-0.05, 0) is 18.9 Å². The Bertz CT molecular complexity index is 297. The van der Waals surface area contributed by atoms with Gasteiger partial charge in [-0.1, -0.05) is 20.8 Å². The van der Waals surface area contributed by atoms with Gasteiger partial charge in [0.05, 0.1) is 5.56 Å². The first-order chi connectivity index (χ1) is 6.02. The van der Waals surface area contributed by atoms with Gasteiger partial charge in [0.15, 0.2) is 5.78 Å². The zero-order chi connectivity index (χ0) is 10.0. The summed E-state index contributed by atoms with van der Waals surface area (Å²) in [5, 5.41) is 0. The highest BCUT2D eigenvalue weighted by atomic mass is 16.3. The molecule has 0 saturated carbocycles. The molecule has 13 heavy (non-hydrogen) atoms. The van der Waals surface area contributed by atoms with Gasteiger partial charge in [0.25, 0.3) is 0 Å². The zero-order valence-corrected chi connectivity index (χ0v) is 8.63. The molecule has 0 N–H and O–H groups in total. The van der Waals surface area contributed by atoms with Gasteiger partial charge < -0.3 is 4.42 Å². The second kappa shape index (κ2) is 3.77. The smallest absolute Gasteiger partial charge is 0.169 e. The van der Waals surface area contributed by atoms with Crippen molar-refractivity contribution in [1.82, 2.24) is 0 Å². The van der Waals surface area contributed by atoms with Crippen LogP contribution >= 0.6 is 0 Å². The number of carbonyl (C=O) groups excluding carboxylic acids is 1. The van der Waals surface area contributed by atoms with Crippen molar-refractivity contribution in [3.8, 4) is 0 Å². The van der Waals surface area contributed by atoms with Crippen LogP contribution in [0.4, 0.5) is 0 Å². The first-order valence-corrected chi connectivity index (χ1v) is 4.61. The van der Waals surface area contributed by atoms with Crippen molar-refractivity contribution in [2.45, 2.75) is 27.7 Å². The Labute approximate surface area is 78.9 Å². The molecule has 1 aromatic heterocycles. The molecule has 1 heterocycles. The van der Waals surface area contributed by atoms with Crippen LogP contribution in [0, 0.1) is 18.8 Å². The van der Waals surface area contributed by atoms with Gasteiger partial charge in [0.2, 0.25) is 0 Å². The number of hydrogen-bond donors (Lipinski definition) is 0. The van der Waals surface area contributed by atoms with Gasteiger partial charge in [-0.2, -0.15) is 0 Å². The van der Waals surface area contributed by atoms with Crippen LogP contribution in [0.5, 0.6) is 0 Å². The quantitative estimate of drug-likeness (QED) is 0.669. The molecule has 0 fully saturated rings. The summed E-state index contributed by atoms with van der Waals surface area (Å²) in [6.07, 6.45) is 1.54. The Morgan fingerprint density at radius 2 is 2.00 bits per heavy atom. The second-order valence-corrected chi connectivity index (χ2v) is 3.84. The Balaban J connectivity index is 2.79. The third-order valence-corrected chi connectivity index (χ3v) is 2.43. The molecule has 0 aromatic carbocycles. The molecule has 1 rings (SSSR count). The molecule has 0 spiro atoms. The van der Waals surface area contributed by atoms with Crippen molar-refractivity contribution in [1.29, 1.82) is 0 Å². The molecular weight excluding hydrogens is 164 g/mol. The standard InChI is InChI=1S/C11H16O2/c1-7(2)9(4)11(12)10-5-8(3)13-6-10/h5-7,9H,1-4H3. The molecule has 1 aromatic rings. The number of carbonyl (C=O) groups is 1. The minimum Gasteiger partial charge on any atom is -0.469 e. The van der Waals surface area contributed by atoms with Crippen molar-refractivity contribution in [2.24, 2.45) is 11.8 Å². The second-order valence-electron chi connectivity index (χ2n) is 3.84. The van der Waals surface area contributed by atoms with Crippen LogP contribution in [-0.2, 0) is 0 Å². The lowest BCUT2D eigenvalue weighted by molar-refractivity contribution is 0.0899. The van der Waals surface area contributed by atoms with E-state index in [0.717, 1.165) is 5.76 Å². The van der Waals surface area contributed by atoms with Crippen LogP contribution in [0.15, 0.2) is 16.7 Å². The van der Waals surface area contributed by atoms with Crippen LogP contribution in [-0.4, -0.2) is 5.78 Å². The fourth-order valence-electron chi connectivity index (χ4n) is 1.14. The molecule has 2 nitrogen and oxygen atoms in total. The molecule has 0 radical (unpaired) electrons. The molecule has 0 bridgehead atoms. The van der Waals surface area contributed by atoms with Crippen LogP contribution in [0.25, 0.3) is 0 Å². The minimum absolute atomic E-state index is 0.0667. The topological polar surface area (TPSA) is 30.2 Å². The van der Waals surface area contributed by atoms with E-state index in [2.05, 4.69) is 13.8 Å². The Morgan fingerprint density at radius 3 is 2.38 bits per heavy atom. The molecular formula is C11H16O2. The Hall–Kier alpha value is -1.05. The van der Waals surface area contributed by atoms with E-state index in [-0.39, 0.29) is 11.7 Å². The predicted molar refractivity (Wildman–Crippen MR) is 51.8 cm³/mol. The maximum Gasteiger partial charge on any atom is 0.169 e. The summed E-state index contributed by atoms with van der Waals surface area (Å²) in [6.45, 7) is 7.90. The number of Topliss-reactive ketones (excluding diaryl/α,β-unsaturated/α-hetero) is 1. The third kappa shape index (κ3) is 2.20. The predicted octanol–water partition coefficient (Wildman–Crippen LogP) is 3.06. The number of furan rings is 1. The maximum absolute atomic E-state index is 11.7. The van der Waals surface area contributed by atoms with E-state index in [1.165, 1.54) is 6.26 Å². The Kier molecular flexibility index (Phi) is 2.91. The van der Waals surface area contributed by atoms with Gasteiger partial charge in [-0.3, -0.25) is 4.79 Å².